The van der Waals surface area contributed by atoms with E-state index in [1.165, 1.54) is 4.31 Å². The molecule has 0 aliphatic heterocycles. The van der Waals surface area contributed by atoms with Gasteiger partial charge in [0.2, 0.25) is 15.9 Å². The summed E-state index contributed by atoms with van der Waals surface area (Å²) in [5.41, 5.74) is 3.91. The van der Waals surface area contributed by atoms with Crippen molar-refractivity contribution in [2.75, 3.05) is 22.4 Å². The average molecular weight is 465 g/mol. The average Bonchev–Trinajstić information content (AvgIpc) is 2.75. The maximum Gasteiger partial charge on any atom is 0.232 e. The molecule has 6 nitrogen and oxygen atoms in total. The molecule has 0 radical (unpaired) electrons. The van der Waals surface area contributed by atoms with Gasteiger partial charge < -0.3 is 5.32 Å². The van der Waals surface area contributed by atoms with Gasteiger partial charge in [-0.05, 0) is 55.7 Å². The number of para-hydroxylation sites is 1. The first-order chi connectivity index (χ1) is 15.6. The Morgan fingerprint density at radius 2 is 1.48 bits per heavy atom. The summed E-state index contributed by atoms with van der Waals surface area (Å²) in [6.45, 7) is 4.01. The molecule has 0 bridgehead atoms. The summed E-state index contributed by atoms with van der Waals surface area (Å²) in [6.07, 6.45) is 1.61. The Morgan fingerprint density at radius 3 is 2.12 bits per heavy atom. The van der Waals surface area contributed by atoms with Crippen molar-refractivity contribution >= 4 is 33.1 Å². The van der Waals surface area contributed by atoms with Crippen LogP contribution in [0, 0.1) is 13.8 Å². The minimum absolute atomic E-state index is 0.116. The number of nitrogens with one attached hydrogen (secondary N) is 1. The highest BCUT2D eigenvalue weighted by molar-refractivity contribution is 7.92. The molecular weight excluding hydrogens is 436 g/mol. The number of rotatable bonds is 9. The first-order valence-corrected chi connectivity index (χ1v) is 12.5. The van der Waals surface area contributed by atoms with Crippen LogP contribution in [0.2, 0.25) is 0 Å². The number of hydrogen-bond donors (Lipinski definition) is 1. The SMILES string of the molecule is Cc1cc(C)cc(N(CCCC(=O)Nc2ccccc2C(=O)c2ccccc2)S(C)(=O)=O)c1. The van der Waals surface area contributed by atoms with E-state index in [1.807, 2.05) is 38.1 Å². The van der Waals surface area contributed by atoms with E-state index in [-0.39, 0.29) is 24.7 Å². The second-order valence-corrected chi connectivity index (χ2v) is 9.98. The smallest absolute Gasteiger partial charge is 0.232 e. The van der Waals surface area contributed by atoms with Crippen LogP contribution >= 0.6 is 0 Å². The third-order valence-electron chi connectivity index (χ3n) is 5.14. The fraction of sp³-hybridized carbons (Fsp3) is 0.231. The summed E-state index contributed by atoms with van der Waals surface area (Å²) >= 11 is 0. The Kier molecular flexibility index (Phi) is 7.66. The van der Waals surface area contributed by atoms with Gasteiger partial charge in [-0.25, -0.2) is 8.42 Å². The van der Waals surface area contributed by atoms with Crippen LogP contribution in [0.5, 0.6) is 0 Å². The van der Waals surface area contributed by atoms with E-state index < -0.39 is 10.0 Å². The first kappa shape index (κ1) is 24.2. The van der Waals surface area contributed by atoms with Crippen LogP contribution in [0.3, 0.4) is 0 Å². The van der Waals surface area contributed by atoms with Crippen molar-refractivity contribution in [1.29, 1.82) is 0 Å². The summed E-state index contributed by atoms with van der Waals surface area (Å²) < 4.78 is 26.1. The van der Waals surface area contributed by atoms with E-state index in [2.05, 4.69) is 5.32 Å². The topological polar surface area (TPSA) is 83.6 Å². The molecule has 0 saturated carbocycles. The van der Waals surface area contributed by atoms with E-state index in [9.17, 15) is 18.0 Å². The molecule has 0 saturated heterocycles. The van der Waals surface area contributed by atoms with Crippen molar-refractivity contribution in [3.05, 3.63) is 95.1 Å². The Labute approximate surface area is 195 Å². The normalized spacial score (nSPS) is 11.1. The number of sulfonamides is 1. The van der Waals surface area contributed by atoms with Gasteiger partial charge >= 0.3 is 0 Å². The van der Waals surface area contributed by atoms with Gasteiger partial charge in [0, 0.05) is 24.1 Å². The Balaban J connectivity index is 1.67. The molecule has 33 heavy (non-hydrogen) atoms. The molecule has 3 aromatic rings. The molecule has 0 aromatic heterocycles. The quantitative estimate of drug-likeness (QED) is 0.465. The first-order valence-electron chi connectivity index (χ1n) is 10.7. The van der Waals surface area contributed by atoms with Gasteiger partial charge in [-0.2, -0.15) is 0 Å². The van der Waals surface area contributed by atoms with Crippen LogP contribution in [-0.2, 0) is 14.8 Å². The van der Waals surface area contributed by atoms with Crippen molar-refractivity contribution < 1.29 is 18.0 Å². The summed E-state index contributed by atoms with van der Waals surface area (Å²) in [4.78, 5) is 25.5. The van der Waals surface area contributed by atoms with E-state index in [0.29, 0.717) is 28.9 Å². The van der Waals surface area contributed by atoms with Crippen molar-refractivity contribution in [3.8, 4) is 0 Å². The number of benzene rings is 3. The van der Waals surface area contributed by atoms with Gasteiger partial charge in [0.05, 0.1) is 17.6 Å². The van der Waals surface area contributed by atoms with Crippen LogP contribution in [0.15, 0.2) is 72.8 Å². The third kappa shape index (κ3) is 6.52. The maximum atomic E-state index is 12.8. The molecule has 0 aliphatic carbocycles. The molecule has 3 aromatic carbocycles. The van der Waals surface area contributed by atoms with Crippen LogP contribution in [-0.4, -0.2) is 32.9 Å². The molecule has 0 unspecified atom stereocenters. The molecule has 1 N–H and O–H groups in total. The zero-order valence-corrected chi connectivity index (χ0v) is 19.9. The molecule has 7 heteroatoms. The number of hydrogen-bond acceptors (Lipinski definition) is 4. The molecule has 0 atom stereocenters. The van der Waals surface area contributed by atoms with Gasteiger partial charge in [0.1, 0.15) is 0 Å². The summed E-state index contributed by atoms with van der Waals surface area (Å²) in [5.74, 6) is -0.457. The summed E-state index contributed by atoms with van der Waals surface area (Å²) in [5, 5.41) is 2.80. The number of carbonyl (C=O) groups excluding carboxylic acids is 2. The van der Waals surface area contributed by atoms with E-state index in [0.717, 1.165) is 17.4 Å². The molecule has 0 spiro atoms. The van der Waals surface area contributed by atoms with Gasteiger partial charge in [0.15, 0.2) is 5.78 Å². The zero-order valence-electron chi connectivity index (χ0n) is 19.0. The minimum Gasteiger partial charge on any atom is -0.325 e. The monoisotopic (exact) mass is 464 g/mol. The Morgan fingerprint density at radius 1 is 0.879 bits per heavy atom. The van der Waals surface area contributed by atoms with Crippen LogP contribution in [0.4, 0.5) is 11.4 Å². The molecule has 3 rings (SSSR count). The van der Waals surface area contributed by atoms with Crippen molar-refractivity contribution in [1.82, 2.24) is 0 Å². The van der Waals surface area contributed by atoms with Crippen molar-refractivity contribution in [2.45, 2.75) is 26.7 Å². The Hall–Kier alpha value is -3.45. The van der Waals surface area contributed by atoms with Gasteiger partial charge in [0.25, 0.3) is 0 Å². The minimum atomic E-state index is -3.50. The lowest BCUT2D eigenvalue weighted by atomic mass is 10.0. The highest BCUT2D eigenvalue weighted by Crippen LogP contribution is 2.23. The highest BCUT2D eigenvalue weighted by Gasteiger charge is 2.19. The fourth-order valence-electron chi connectivity index (χ4n) is 3.71. The number of nitrogens with zero attached hydrogens (tertiary/aromatic N) is 1. The summed E-state index contributed by atoms with van der Waals surface area (Å²) in [6, 6.07) is 21.4. The molecular formula is C26H28N2O4S. The Bertz CT molecular complexity index is 1230. The number of anilines is 2. The lowest BCUT2D eigenvalue weighted by molar-refractivity contribution is -0.116. The summed E-state index contributed by atoms with van der Waals surface area (Å²) in [7, 11) is -3.50. The number of aryl methyl sites for hydroxylation is 2. The predicted octanol–water partition coefficient (Wildman–Crippen LogP) is 4.72. The fourth-order valence-corrected chi connectivity index (χ4v) is 4.66. The van der Waals surface area contributed by atoms with Gasteiger partial charge in [-0.1, -0.05) is 48.5 Å². The molecule has 0 aliphatic rings. The van der Waals surface area contributed by atoms with E-state index >= 15 is 0 Å². The highest BCUT2D eigenvalue weighted by atomic mass is 32.2. The lowest BCUT2D eigenvalue weighted by Crippen LogP contribution is -2.31. The number of carbonyl (C=O) groups is 2. The zero-order chi connectivity index (χ0) is 24.0. The van der Waals surface area contributed by atoms with Crippen LogP contribution in [0.1, 0.15) is 39.9 Å². The van der Waals surface area contributed by atoms with E-state index in [4.69, 9.17) is 0 Å². The standard InChI is InChI=1S/C26H28N2O4S/c1-19-16-20(2)18-22(17-19)28(33(3,31)32)15-9-14-25(29)27-24-13-8-7-12-23(24)26(30)21-10-5-4-6-11-21/h4-8,10-13,16-18H,9,14-15H2,1-3H3,(H,27,29). The molecule has 0 fully saturated rings. The second-order valence-electron chi connectivity index (χ2n) is 8.07. The number of amides is 1. The van der Waals surface area contributed by atoms with Crippen LogP contribution < -0.4 is 9.62 Å². The second kappa shape index (κ2) is 10.4. The maximum absolute atomic E-state index is 12.8. The predicted molar refractivity (Wildman–Crippen MR) is 132 cm³/mol. The van der Waals surface area contributed by atoms with Gasteiger partial charge in [-0.15, -0.1) is 0 Å². The molecule has 0 heterocycles. The van der Waals surface area contributed by atoms with Crippen molar-refractivity contribution in [3.63, 3.8) is 0 Å². The largest absolute Gasteiger partial charge is 0.325 e. The lowest BCUT2D eigenvalue weighted by Gasteiger charge is -2.23. The van der Waals surface area contributed by atoms with Gasteiger partial charge in [-0.3, -0.25) is 13.9 Å². The number of ketones is 1. The van der Waals surface area contributed by atoms with E-state index in [1.54, 1.807) is 48.5 Å². The molecule has 172 valence electrons. The van der Waals surface area contributed by atoms with Crippen molar-refractivity contribution in [2.24, 2.45) is 0 Å². The molecule has 1 amide bonds. The van der Waals surface area contributed by atoms with Crippen LogP contribution in [0.25, 0.3) is 0 Å². The third-order valence-corrected chi connectivity index (χ3v) is 6.34.